The number of anilines is 1. The maximum Gasteiger partial charge on any atom is 0.202 e. The zero-order valence-corrected chi connectivity index (χ0v) is 12.5. The molecule has 3 heterocycles. The van der Waals surface area contributed by atoms with Crippen LogP contribution < -0.4 is 10.1 Å². The minimum Gasteiger partial charge on any atom is -0.490 e. The molecule has 0 aliphatic heterocycles. The lowest BCUT2D eigenvalue weighted by molar-refractivity contribution is 0.400. The topological polar surface area (TPSA) is 77.2 Å². The minimum atomic E-state index is 0.608. The van der Waals surface area contributed by atoms with E-state index in [4.69, 9.17) is 4.74 Å². The van der Waals surface area contributed by atoms with Gasteiger partial charge in [-0.1, -0.05) is 6.07 Å². The van der Waals surface area contributed by atoms with Crippen LogP contribution in [0.5, 0.6) is 5.75 Å². The highest BCUT2D eigenvalue weighted by atomic mass is 32.2. The molecule has 0 aliphatic carbocycles. The van der Waals surface area contributed by atoms with Gasteiger partial charge in [-0.2, -0.15) is 0 Å². The van der Waals surface area contributed by atoms with E-state index in [9.17, 15) is 0 Å². The second kappa shape index (κ2) is 5.96. The van der Waals surface area contributed by atoms with Crippen LogP contribution in [0.4, 0.5) is 5.82 Å². The Hall–Kier alpha value is -2.35. The van der Waals surface area contributed by atoms with Gasteiger partial charge in [-0.15, -0.1) is 10.2 Å². The van der Waals surface area contributed by atoms with Crippen LogP contribution in [-0.2, 0) is 0 Å². The highest BCUT2D eigenvalue weighted by Crippen LogP contribution is 2.35. The summed E-state index contributed by atoms with van der Waals surface area (Å²) < 4.78 is 7.33. The summed E-state index contributed by atoms with van der Waals surface area (Å²) in [6.07, 6.45) is 3.42. The molecule has 0 aliphatic rings. The van der Waals surface area contributed by atoms with E-state index in [2.05, 4.69) is 25.5 Å². The Kier molecular flexibility index (Phi) is 3.87. The van der Waals surface area contributed by atoms with Gasteiger partial charge < -0.3 is 10.1 Å². The van der Waals surface area contributed by atoms with Crippen molar-refractivity contribution in [2.45, 2.75) is 17.1 Å². The molecule has 3 aromatic rings. The van der Waals surface area contributed by atoms with Gasteiger partial charge in [-0.25, -0.2) is 9.97 Å². The van der Waals surface area contributed by atoms with Gasteiger partial charge in [0.2, 0.25) is 5.16 Å². The van der Waals surface area contributed by atoms with Crippen LogP contribution in [0.1, 0.15) is 6.92 Å². The van der Waals surface area contributed by atoms with E-state index in [1.165, 1.54) is 18.1 Å². The zero-order chi connectivity index (χ0) is 14.7. The van der Waals surface area contributed by atoms with E-state index in [0.29, 0.717) is 16.6 Å². The van der Waals surface area contributed by atoms with E-state index < -0.39 is 0 Å². The average molecular weight is 302 g/mol. The van der Waals surface area contributed by atoms with E-state index in [1.807, 2.05) is 35.7 Å². The summed E-state index contributed by atoms with van der Waals surface area (Å²) in [5, 5.41) is 12.9. The molecule has 21 heavy (non-hydrogen) atoms. The minimum absolute atomic E-state index is 0.608. The molecule has 1 N–H and O–H groups in total. The standard InChI is InChI=1S/C13H14N6OS/c1-3-14-11-10(20-2)12(16-8-15-11)21-13-18-17-9-6-4-5-7-19(9)13/h4-8H,3H2,1-2H3,(H,14,15,16). The quantitative estimate of drug-likeness (QED) is 0.723. The lowest BCUT2D eigenvalue weighted by atomic mass is 10.5. The lowest BCUT2D eigenvalue weighted by Gasteiger charge is -2.10. The average Bonchev–Trinajstić information content (AvgIpc) is 2.91. The SMILES string of the molecule is CCNc1ncnc(Sc2nnc3ccccn23)c1OC. The van der Waals surface area contributed by atoms with Crippen molar-refractivity contribution in [1.82, 2.24) is 24.6 Å². The van der Waals surface area contributed by atoms with E-state index >= 15 is 0 Å². The van der Waals surface area contributed by atoms with Crippen molar-refractivity contribution in [2.24, 2.45) is 0 Å². The molecule has 8 heteroatoms. The normalized spacial score (nSPS) is 10.8. The summed E-state index contributed by atoms with van der Waals surface area (Å²) in [6, 6.07) is 5.76. The first-order valence-electron chi connectivity index (χ1n) is 6.44. The number of methoxy groups -OCH3 is 1. The number of ether oxygens (including phenoxy) is 1. The molecular weight excluding hydrogens is 288 g/mol. The van der Waals surface area contributed by atoms with Crippen molar-refractivity contribution in [3.63, 3.8) is 0 Å². The summed E-state index contributed by atoms with van der Waals surface area (Å²) in [7, 11) is 1.60. The van der Waals surface area contributed by atoms with Gasteiger partial charge in [-0.3, -0.25) is 4.40 Å². The smallest absolute Gasteiger partial charge is 0.202 e. The zero-order valence-electron chi connectivity index (χ0n) is 11.6. The van der Waals surface area contributed by atoms with Crippen LogP contribution in [0.15, 0.2) is 40.9 Å². The van der Waals surface area contributed by atoms with Gasteiger partial charge >= 0.3 is 0 Å². The number of nitrogens with zero attached hydrogens (tertiary/aromatic N) is 5. The summed E-state index contributed by atoms with van der Waals surface area (Å²) in [4.78, 5) is 8.47. The van der Waals surface area contributed by atoms with Crippen LogP contribution in [-0.4, -0.2) is 38.2 Å². The van der Waals surface area contributed by atoms with Crippen LogP contribution >= 0.6 is 11.8 Å². The fourth-order valence-electron chi connectivity index (χ4n) is 1.88. The fourth-order valence-corrected chi connectivity index (χ4v) is 2.76. The van der Waals surface area contributed by atoms with E-state index in [1.54, 1.807) is 7.11 Å². The maximum absolute atomic E-state index is 5.42. The summed E-state index contributed by atoms with van der Waals surface area (Å²) >= 11 is 1.39. The van der Waals surface area contributed by atoms with Crippen molar-refractivity contribution in [2.75, 3.05) is 19.0 Å². The third-order valence-electron chi connectivity index (χ3n) is 2.79. The van der Waals surface area contributed by atoms with E-state index in [-0.39, 0.29) is 0 Å². The Morgan fingerprint density at radius 1 is 1.29 bits per heavy atom. The van der Waals surface area contributed by atoms with Gasteiger partial charge in [0.25, 0.3) is 0 Å². The molecule has 0 unspecified atom stereocenters. The lowest BCUT2D eigenvalue weighted by Crippen LogP contribution is -2.04. The Morgan fingerprint density at radius 2 is 2.19 bits per heavy atom. The second-order valence-electron chi connectivity index (χ2n) is 4.10. The molecule has 3 rings (SSSR count). The molecule has 0 radical (unpaired) electrons. The van der Waals surface area contributed by atoms with Crippen molar-refractivity contribution in [1.29, 1.82) is 0 Å². The number of aromatic nitrogens is 5. The third kappa shape index (κ3) is 2.62. The molecule has 0 spiro atoms. The molecule has 0 saturated heterocycles. The molecule has 0 fully saturated rings. The first kappa shape index (κ1) is 13.6. The molecule has 0 bridgehead atoms. The fraction of sp³-hybridized carbons (Fsp3) is 0.231. The van der Waals surface area contributed by atoms with Gasteiger partial charge in [0.1, 0.15) is 6.33 Å². The van der Waals surface area contributed by atoms with Crippen molar-refractivity contribution in [3.05, 3.63) is 30.7 Å². The van der Waals surface area contributed by atoms with Crippen molar-refractivity contribution in [3.8, 4) is 5.75 Å². The van der Waals surface area contributed by atoms with Crippen LogP contribution in [0.3, 0.4) is 0 Å². The number of nitrogens with one attached hydrogen (secondary N) is 1. The van der Waals surface area contributed by atoms with Crippen LogP contribution in [0.2, 0.25) is 0 Å². The summed E-state index contributed by atoms with van der Waals surface area (Å²) in [5.41, 5.74) is 0.792. The molecule has 3 aromatic heterocycles. The predicted molar refractivity (Wildman–Crippen MR) is 79.9 cm³/mol. The number of hydrogen-bond donors (Lipinski definition) is 1. The summed E-state index contributed by atoms with van der Waals surface area (Å²) in [5.74, 6) is 1.28. The summed E-state index contributed by atoms with van der Waals surface area (Å²) in [6.45, 7) is 2.76. The van der Waals surface area contributed by atoms with Gasteiger partial charge in [0, 0.05) is 12.7 Å². The Morgan fingerprint density at radius 3 is 3.00 bits per heavy atom. The molecule has 0 atom stereocenters. The molecule has 7 nitrogen and oxygen atoms in total. The number of fused-ring (bicyclic) bond motifs is 1. The van der Waals surface area contributed by atoms with Crippen molar-refractivity contribution >= 4 is 23.2 Å². The number of pyridine rings is 1. The first-order chi connectivity index (χ1) is 10.3. The molecule has 108 valence electrons. The van der Waals surface area contributed by atoms with E-state index in [0.717, 1.165) is 17.3 Å². The highest BCUT2D eigenvalue weighted by Gasteiger charge is 2.15. The molecule has 0 amide bonds. The van der Waals surface area contributed by atoms with Crippen LogP contribution in [0, 0.1) is 0 Å². The Bertz CT molecular complexity index is 759. The Labute approximate surface area is 125 Å². The van der Waals surface area contributed by atoms with Gasteiger partial charge in [0.15, 0.2) is 22.2 Å². The monoisotopic (exact) mass is 302 g/mol. The number of rotatable bonds is 5. The second-order valence-corrected chi connectivity index (χ2v) is 5.06. The van der Waals surface area contributed by atoms with Crippen LogP contribution in [0.25, 0.3) is 5.65 Å². The van der Waals surface area contributed by atoms with Gasteiger partial charge in [-0.05, 0) is 30.8 Å². The number of hydrogen-bond acceptors (Lipinski definition) is 7. The predicted octanol–water partition coefficient (Wildman–Crippen LogP) is 2.11. The third-order valence-corrected chi connectivity index (χ3v) is 3.73. The highest BCUT2D eigenvalue weighted by molar-refractivity contribution is 7.99. The molecule has 0 aromatic carbocycles. The maximum atomic E-state index is 5.42. The molecular formula is C13H14N6OS. The largest absolute Gasteiger partial charge is 0.490 e. The Balaban J connectivity index is 1.99. The molecule has 0 saturated carbocycles. The van der Waals surface area contributed by atoms with Gasteiger partial charge in [0.05, 0.1) is 7.11 Å². The first-order valence-corrected chi connectivity index (χ1v) is 7.25. The van der Waals surface area contributed by atoms with Crippen molar-refractivity contribution < 1.29 is 4.74 Å².